The third-order valence-corrected chi connectivity index (χ3v) is 3.37. The molecule has 8 heteroatoms. The van der Waals surface area contributed by atoms with E-state index < -0.39 is 10.0 Å². The molecule has 0 aromatic heterocycles. The molecule has 0 aliphatic carbocycles. The first-order valence-electron chi connectivity index (χ1n) is 6.55. The molecular weight excluding hydrogens is 295 g/mol. The Morgan fingerprint density at radius 2 is 1.95 bits per heavy atom. The van der Waals surface area contributed by atoms with Crippen LogP contribution in [-0.4, -0.2) is 40.8 Å². The quantitative estimate of drug-likeness (QED) is 0.387. The van der Waals surface area contributed by atoms with Crippen molar-refractivity contribution in [3.63, 3.8) is 0 Å². The minimum absolute atomic E-state index is 0.266. The summed E-state index contributed by atoms with van der Waals surface area (Å²) in [5, 5.41) is 6.02. The van der Waals surface area contributed by atoms with Gasteiger partial charge < -0.3 is 10.6 Å². The Bertz CT molecular complexity index is 575. The van der Waals surface area contributed by atoms with Gasteiger partial charge in [-0.05, 0) is 12.5 Å². The second-order valence-electron chi connectivity index (χ2n) is 4.46. The molecule has 1 aromatic rings. The SMILES string of the molecule is CN=C(NCCCNS(C)(=O)=O)NCc1ccccc1F. The molecule has 0 fully saturated rings. The highest BCUT2D eigenvalue weighted by molar-refractivity contribution is 7.88. The predicted octanol–water partition coefficient (Wildman–Crippen LogP) is 0.430. The van der Waals surface area contributed by atoms with Crippen LogP contribution < -0.4 is 15.4 Å². The Morgan fingerprint density at radius 3 is 2.57 bits per heavy atom. The molecule has 0 heterocycles. The normalized spacial score (nSPS) is 12.2. The topological polar surface area (TPSA) is 82.6 Å². The van der Waals surface area contributed by atoms with Crippen LogP contribution in [0.25, 0.3) is 0 Å². The first-order chi connectivity index (χ1) is 9.92. The van der Waals surface area contributed by atoms with Crippen LogP contribution >= 0.6 is 0 Å². The van der Waals surface area contributed by atoms with Gasteiger partial charge in [0.1, 0.15) is 5.82 Å². The molecule has 1 aromatic carbocycles. The van der Waals surface area contributed by atoms with Crippen LogP contribution in [0.5, 0.6) is 0 Å². The number of sulfonamides is 1. The first kappa shape index (κ1) is 17.4. The number of nitrogens with one attached hydrogen (secondary N) is 3. The number of benzene rings is 1. The van der Waals surface area contributed by atoms with Gasteiger partial charge in [0, 0.05) is 32.2 Å². The van der Waals surface area contributed by atoms with E-state index in [4.69, 9.17) is 0 Å². The molecule has 21 heavy (non-hydrogen) atoms. The van der Waals surface area contributed by atoms with Crippen LogP contribution in [0.1, 0.15) is 12.0 Å². The fourth-order valence-electron chi connectivity index (χ4n) is 1.59. The monoisotopic (exact) mass is 316 g/mol. The zero-order valence-corrected chi connectivity index (χ0v) is 13.0. The van der Waals surface area contributed by atoms with E-state index in [-0.39, 0.29) is 5.82 Å². The van der Waals surface area contributed by atoms with Gasteiger partial charge in [-0.25, -0.2) is 17.5 Å². The molecule has 0 bridgehead atoms. The average Bonchev–Trinajstić information content (AvgIpc) is 2.42. The van der Waals surface area contributed by atoms with Gasteiger partial charge in [-0.3, -0.25) is 4.99 Å². The van der Waals surface area contributed by atoms with Crippen molar-refractivity contribution >= 4 is 16.0 Å². The molecule has 0 amide bonds. The fraction of sp³-hybridized carbons (Fsp3) is 0.462. The summed E-state index contributed by atoms with van der Waals surface area (Å²) in [6, 6.07) is 6.52. The lowest BCUT2D eigenvalue weighted by molar-refractivity contribution is 0.584. The molecule has 0 saturated carbocycles. The van der Waals surface area contributed by atoms with E-state index in [0.717, 1.165) is 6.26 Å². The zero-order chi connectivity index (χ0) is 15.7. The fourth-order valence-corrected chi connectivity index (χ4v) is 2.11. The molecule has 0 saturated heterocycles. The molecule has 0 spiro atoms. The van der Waals surface area contributed by atoms with Gasteiger partial charge in [0.05, 0.1) is 6.26 Å². The number of halogens is 1. The minimum Gasteiger partial charge on any atom is -0.356 e. The molecule has 118 valence electrons. The highest BCUT2D eigenvalue weighted by Crippen LogP contribution is 2.05. The second-order valence-corrected chi connectivity index (χ2v) is 6.30. The lowest BCUT2D eigenvalue weighted by Gasteiger charge is -2.12. The van der Waals surface area contributed by atoms with E-state index in [0.29, 0.717) is 37.6 Å². The molecule has 6 nitrogen and oxygen atoms in total. The van der Waals surface area contributed by atoms with E-state index in [1.165, 1.54) is 6.07 Å². The van der Waals surface area contributed by atoms with Crippen molar-refractivity contribution in [2.24, 2.45) is 4.99 Å². The van der Waals surface area contributed by atoms with Crippen molar-refractivity contribution in [3.05, 3.63) is 35.6 Å². The smallest absolute Gasteiger partial charge is 0.208 e. The van der Waals surface area contributed by atoms with Gasteiger partial charge in [0.25, 0.3) is 0 Å². The lowest BCUT2D eigenvalue weighted by Crippen LogP contribution is -2.38. The molecular formula is C13H21FN4O2S. The largest absolute Gasteiger partial charge is 0.356 e. The Kier molecular flexibility index (Phi) is 7.10. The van der Waals surface area contributed by atoms with Crippen LogP contribution in [0.4, 0.5) is 4.39 Å². The number of hydrogen-bond donors (Lipinski definition) is 3. The number of rotatable bonds is 7. The van der Waals surface area contributed by atoms with Crippen molar-refractivity contribution in [1.82, 2.24) is 15.4 Å². The Hall–Kier alpha value is -1.67. The van der Waals surface area contributed by atoms with Gasteiger partial charge in [-0.1, -0.05) is 18.2 Å². The third-order valence-electron chi connectivity index (χ3n) is 2.64. The van der Waals surface area contributed by atoms with Gasteiger partial charge in [-0.2, -0.15) is 0 Å². The highest BCUT2D eigenvalue weighted by atomic mass is 32.2. The van der Waals surface area contributed by atoms with Gasteiger partial charge in [-0.15, -0.1) is 0 Å². The van der Waals surface area contributed by atoms with Crippen LogP contribution in [0, 0.1) is 5.82 Å². The minimum atomic E-state index is -3.15. The molecule has 0 unspecified atom stereocenters. The summed E-state index contributed by atoms with van der Waals surface area (Å²) >= 11 is 0. The van der Waals surface area contributed by atoms with E-state index >= 15 is 0 Å². The summed E-state index contributed by atoms with van der Waals surface area (Å²) in [5.74, 6) is 0.274. The maximum absolute atomic E-state index is 13.4. The summed E-state index contributed by atoms with van der Waals surface area (Å²) in [4.78, 5) is 4.01. The number of aliphatic imine (C=N–C) groups is 1. The first-order valence-corrected chi connectivity index (χ1v) is 8.44. The predicted molar refractivity (Wildman–Crippen MR) is 82.1 cm³/mol. The van der Waals surface area contributed by atoms with E-state index in [2.05, 4.69) is 20.3 Å². The van der Waals surface area contributed by atoms with E-state index in [1.807, 2.05) is 0 Å². The maximum Gasteiger partial charge on any atom is 0.208 e. The van der Waals surface area contributed by atoms with E-state index in [1.54, 1.807) is 25.2 Å². The van der Waals surface area contributed by atoms with Crippen LogP contribution in [0.2, 0.25) is 0 Å². The highest BCUT2D eigenvalue weighted by Gasteiger charge is 2.03. The van der Waals surface area contributed by atoms with Crippen molar-refractivity contribution < 1.29 is 12.8 Å². The molecule has 0 aliphatic heterocycles. The Morgan fingerprint density at radius 1 is 1.24 bits per heavy atom. The summed E-state index contributed by atoms with van der Waals surface area (Å²) in [7, 11) is -1.53. The molecule has 0 aliphatic rings. The summed E-state index contributed by atoms with van der Waals surface area (Å²) < 4.78 is 37.6. The van der Waals surface area contributed by atoms with Crippen LogP contribution in [0.15, 0.2) is 29.3 Å². The van der Waals surface area contributed by atoms with Crippen molar-refractivity contribution in [2.45, 2.75) is 13.0 Å². The van der Waals surface area contributed by atoms with Crippen molar-refractivity contribution in [3.8, 4) is 0 Å². The van der Waals surface area contributed by atoms with E-state index in [9.17, 15) is 12.8 Å². The summed E-state index contributed by atoms with van der Waals surface area (Å²) in [6.45, 7) is 1.24. The zero-order valence-electron chi connectivity index (χ0n) is 12.2. The van der Waals surface area contributed by atoms with Crippen LogP contribution in [0.3, 0.4) is 0 Å². The van der Waals surface area contributed by atoms with Crippen molar-refractivity contribution in [1.29, 1.82) is 0 Å². The second kappa shape index (κ2) is 8.58. The van der Waals surface area contributed by atoms with Gasteiger partial charge in [0.2, 0.25) is 10.0 Å². The maximum atomic E-state index is 13.4. The number of hydrogen-bond acceptors (Lipinski definition) is 3. The lowest BCUT2D eigenvalue weighted by atomic mass is 10.2. The van der Waals surface area contributed by atoms with Crippen molar-refractivity contribution in [2.75, 3.05) is 26.4 Å². The Balaban J connectivity index is 2.28. The number of nitrogens with zero attached hydrogens (tertiary/aromatic N) is 1. The molecule has 3 N–H and O–H groups in total. The number of guanidine groups is 1. The summed E-state index contributed by atoms with van der Waals surface area (Å²) in [6.07, 6.45) is 1.74. The molecule has 1 rings (SSSR count). The van der Waals surface area contributed by atoms with Gasteiger partial charge in [0.15, 0.2) is 5.96 Å². The summed E-state index contributed by atoms with van der Waals surface area (Å²) in [5.41, 5.74) is 0.555. The molecule has 0 atom stereocenters. The van der Waals surface area contributed by atoms with Gasteiger partial charge >= 0.3 is 0 Å². The molecule has 0 radical (unpaired) electrons. The third kappa shape index (κ3) is 7.62. The standard InChI is InChI=1S/C13H21FN4O2S/c1-15-13(16-8-5-9-18-21(2,19)20)17-10-11-6-3-4-7-12(11)14/h3-4,6-7,18H,5,8-10H2,1-2H3,(H2,15,16,17). The van der Waals surface area contributed by atoms with Crippen LogP contribution in [-0.2, 0) is 16.6 Å². The average molecular weight is 316 g/mol. The Labute approximate surface area is 124 Å².